The molecule has 156 valence electrons. The average molecular weight is 419 g/mol. The predicted octanol–water partition coefficient (Wildman–Crippen LogP) is 3.54. The van der Waals surface area contributed by atoms with Crippen LogP contribution >= 0.6 is 12.8 Å². The molecule has 2 aromatic carbocycles. The molecule has 0 aliphatic carbocycles. The number of hydrogen-bond acceptors (Lipinski definition) is 5. The number of anilines is 2. The topological polar surface area (TPSA) is 62.0 Å². The van der Waals surface area contributed by atoms with Crippen molar-refractivity contribution < 1.29 is 13.9 Å². The van der Waals surface area contributed by atoms with Crippen molar-refractivity contribution in [2.75, 3.05) is 48.5 Å². The number of piperazine rings is 1. The van der Waals surface area contributed by atoms with E-state index < -0.39 is 6.03 Å². The Hall–Kier alpha value is -2.45. The minimum absolute atomic E-state index is 0.197. The van der Waals surface area contributed by atoms with E-state index in [2.05, 4.69) is 22.6 Å². The third-order valence-electron chi connectivity index (χ3n) is 4.97. The minimum atomic E-state index is -0.634. The summed E-state index contributed by atoms with van der Waals surface area (Å²) < 4.78 is 19.9. The Bertz CT molecular complexity index is 798. The molecule has 1 saturated heterocycles. The van der Waals surface area contributed by atoms with Gasteiger partial charge in [-0.2, -0.15) is 0 Å². The van der Waals surface area contributed by atoms with E-state index in [0.717, 1.165) is 55.6 Å². The number of urea groups is 1. The number of rotatable bonds is 8. The number of thiol groups is 1. The summed E-state index contributed by atoms with van der Waals surface area (Å²) in [5.41, 5.74) is 6.89. The molecule has 29 heavy (non-hydrogen) atoms. The summed E-state index contributed by atoms with van der Waals surface area (Å²) in [5, 5.41) is 0. The van der Waals surface area contributed by atoms with Crippen LogP contribution in [0.4, 0.5) is 20.6 Å². The fourth-order valence-electron chi connectivity index (χ4n) is 3.34. The molecule has 2 amide bonds. The summed E-state index contributed by atoms with van der Waals surface area (Å²) in [6.07, 6.45) is 2.00. The molecule has 2 N–H and O–H groups in total. The molecule has 2 aromatic rings. The number of carbonyl (C=O) groups is 1. The van der Waals surface area contributed by atoms with Crippen molar-refractivity contribution in [1.29, 1.82) is 0 Å². The van der Waals surface area contributed by atoms with Crippen LogP contribution < -0.4 is 19.7 Å². The maximum absolute atomic E-state index is 13.1. The predicted molar refractivity (Wildman–Crippen MR) is 117 cm³/mol. The van der Waals surface area contributed by atoms with Gasteiger partial charge in [-0.25, -0.2) is 13.5 Å². The Morgan fingerprint density at radius 1 is 1.10 bits per heavy atom. The number of halogens is 1. The molecule has 0 aromatic heterocycles. The van der Waals surface area contributed by atoms with Crippen LogP contribution in [0.15, 0.2) is 48.5 Å². The van der Waals surface area contributed by atoms with Crippen molar-refractivity contribution in [2.24, 2.45) is 5.73 Å². The highest BCUT2D eigenvalue weighted by Crippen LogP contribution is 2.22. The zero-order valence-electron chi connectivity index (χ0n) is 16.3. The number of hydrogen-bond donors (Lipinski definition) is 2. The fourth-order valence-corrected chi connectivity index (χ4v) is 3.47. The summed E-state index contributed by atoms with van der Waals surface area (Å²) in [5.74, 6) is 0.493. The normalized spacial score (nSPS) is 14.6. The Balaban J connectivity index is 1.33. The van der Waals surface area contributed by atoms with E-state index in [9.17, 15) is 9.18 Å². The van der Waals surface area contributed by atoms with Gasteiger partial charge in [-0.3, -0.25) is 4.90 Å². The first-order valence-electron chi connectivity index (χ1n) is 9.77. The van der Waals surface area contributed by atoms with Crippen LogP contribution in [0.2, 0.25) is 0 Å². The molecule has 3 rings (SSSR count). The van der Waals surface area contributed by atoms with Crippen LogP contribution in [0.1, 0.15) is 12.8 Å². The van der Waals surface area contributed by atoms with Gasteiger partial charge in [-0.15, -0.1) is 0 Å². The molecular weight excluding hydrogens is 391 g/mol. The highest BCUT2D eigenvalue weighted by molar-refractivity contribution is 7.82. The highest BCUT2D eigenvalue weighted by Gasteiger charge is 2.16. The Morgan fingerprint density at radius 2 is 1.83 bits per heavy atom. The van der Waals surface area contributed by atoms with Crippen molar-refractivity contribution in [3.8, 4) is 5.75 Å². The van der Waals surface area contributed by atoms with Crippen molar-refractivity contribution in [1.82, 2.24) is 4.90 Å². The van der Waals surface area contributed by atoms with Crippen LogP contribution in [0.5, 0.6) is 5.75 Å². The van der Waals surface area contributed by atoms with Gasteiger partial charge in [0.15, 0.2) is 0 Å². The quantitative estimate of drug-likeness (QED) is 0.509. The molecule has 1 heterocycles. The molecule has 0 unspecified atom stereocenters. The second kappa shape index (κ2) is 10.4. The number of ether oxygens (including phenoxy) is 1. The molecule has 0 atom stereocenters. The molecule has 1 aliphatic heterocycles. The van der Waals surface area contributed by atoms with E-state index in [1.54, 1.807) is 18.2 Å². The number of nitrogens with zero attached hydrogens (tertiary/aromatic N) is 3. The van der Waals surface area contributed by atoms with E-state index in [4.69, 9.17) is 10.5 Å². The van der Waals surface area contributed by atoms with E-state index in [-0.39, 0.29) is 5.82 Å². The number of nitrogens with two attached hydrogens (primary N) is 1. The largest absolute Gasteiger partial charge is 0.494 e. The van der Waals surface area contributed by atoms with Gasteiger partial charge in [0.1, 0.15) is 11.6 Å². The number of amides is 2. The number of benzene rings is 2. The zero-order chi connectivity index (χ0) is 20.6. The van der Waals surface area contributed by atoms with E-state index in [0.29, 0.717) is 18.0 Å². The average Bonchev–Trinajstić information content (AvgIpc) is 2.74. The fraction of sp³-hybridized carbons (Fsp3) is 0.381. The summed E-state index contributed by atoms with van der Waals surface area (Å²) in [6.45, 7) is 5.56. The van der Waals surface area contributed by atoms with Crippen molar-refractivity contribution in [2.45, 2.75) is 12.8 Å². The van der Waals surface area contributed by atoms with Crippen molar-refractivity contribution >= 4 is 30.2 Å². The summed E-state index contributed by atoms with van der Waals surface area (Å²) in [4.78, 5) is 15.9. The molecular formula is C21H27FN4O2S. The van der Waals surface area contributed by atoms with E-state index >= 15 is 0 Å². The minimum Gasteiger partial charge on any atom is -0.494 e. The van der Waals surface area contributed by atoms with Crippen LogP contribution in [0.3, 0.4) is 0 Å². The monoisotopic (exact) mass is 418 g/mol. The first-order chi connectivity index (χ1) is 14.0. The Labute approximate surface area is 176 Å². The van der Waals surface area contributed by atoms with Gasteiger partial charge in [0.25, 0.3) is 0 Å². The lowest BCUT2D eigenvalue weighted by atomic mass is 10.2. The number of carbonyl (C=O) groups excluding carboxylic acids is 1. The lowest BCUT2D eigenvalue weighted by Crippen LogP contribution is -2.46. The van der Waals surface area contributed by atoms with Gasteiger partial charge in [-0.1, -0.05) is 18.9 Å². The molecule has 8 heteroatoms. The maximum atomic E-state index is 13.1. The van der Waals surface area contributed by atoms with Gasteiger partial charge in [0, 0.05) is 37.9 Å². The SMILES string of the molecule is NC(=O)N(S)c1cccc(OCCCCN2CCN(c3ccc(F)cc3)CC2)c1. The summed E-state index contributed by atoms with van der Waals surface area (Å²) >= 11 is 4.06. The second-order valence-electron chi connectivity index (χ2n) is 7.01. The van der Waals surface area contributed by atoms with Gasteiger partial charge in [0.05, 0.1) is 12.3 Å². The molecule has 0 radical (unpaired) electrons. The lowest BCUT2D eigenvalue weighted by molar-refractivity contribution is 0.238. The third kappa shape index (κ3) is 6.27. The van der Waals surface area contributed by atoms with Gasteiger partial charge in [-0.05, 0) is 55.8 Å². The molecule has 6 nitrogen and oxygen atoms in total. The Kier molecular flexibility index (Phi) is 7.60. The van der Waals surface area contributed by atoms with Crippen LogP contribution in [0, 0.1) is 5.82 Å². The van der Waals surface area contributed by atoms with E-state index in [1.807, 2.05) is 18.2 Å². The molecule has 1 fully saturated rings. The van der Waals surface area contributed by atoms with Crippen molar-refractivity contribution in [3.63, 3.8) is 0 Å². The van der Waals surface area contributed by atoms with Crippen molar-refractivity contribution in [3.05, 3.63) is 54.3 Å². The molecule has 0 saturated carbocycles. The smallest absolute Gasteiger partial charge is 0.329 e. The number of unbranched alkanes of at least 4 members (excludes halogenated alkanes) is 1. The highest BCUT2D eigenvalue weighted by atomic mass is 32.1. The molecule has 1 aliphatic rings. The van der Waals surface area contributed by atoms with Crippen LogP contribution in [0.25, 0.3) is 0 Å². The number of primary amides is 1. The van der Waals surface area contributed by atoms with Crippen LogP contribution in [-0.4, -0.2) is 50.3 Å². The second-order valence-corrected chi connectivity index (χ2v) is 7.41. The third-order valence-corrected chi connectivity index (χ3v) is 5.40. The van der Waals surface area contributed by atoms with Gasteiger partial charge < -0.3 is 15.4 Å². The molecule has 0 bridgehead atoms. The Morgan fingerprint density at radius 3 is 2.52 bits per heavy atom. The van der Waals surface area contributed by atoms with Crippen LogP contribution in [-0.2, 0) is 0 Å². The summed E-state index contributed by atoms with van der Waals surface area (Å²) in [6, 6.07) is 13.2. The zero-order valence-corrected chi connectivity index (χ0v) is 17.2. The standard InChI is InChI=1S/C21H27FN4O2S/c22-17-6-8-18(9-7-17)25-13-11-24(12-14-25)10-1-2-15-28-20-5-3-4-19(16-20)26(29)21(23)27/h3-9,16,29H,1-2,10-15H2,(H2,23,27). The lowest BCUT2D eigenvalue weighted by Gasteiger charge is -2.36. The van der Waals surface area contributed by atoms with Gasteiger partial charge >= 0.3 is 6.03 Å². The summed E-state index contributed by atoms with van der Waals surface area (Å²) in [7, 11) is 0. The maximum Gasteiger partial charge on any atom is 0.329 e. The molecule has 0 spiro atoms. The van der Waals surface area contributed by atoms with Gasteiger partial charge in [0.2, 0.25) is 0 Å². The first-order valence-corrected chi connectivity index (χ1v) is 10.2. The van der Waals surface area contributed by atoms with E-state index in [1.165, 1.54) is 12.1 Å². The first kappa shape index (κ1) is 21.3.